The van der Waals surface area contributed by atoms with E-state index in [0.29, 0.717) is 13.2 Å². The lowest BCUT2D eigenvalue weighted by Crippen LogP contribution is -2.07. The normalized spacial score (nSPS) is 15.2. The van der Waals surface area contributed by atoms with Crippen LogP contribution >= 0.6 is 0 Å². The van der Waals surface area contributed by atoms with Gasteiger partial charge in [0, 0.05) is 30.6 Å². The highest BCUT2D eigenvalue weighted by Gasteiger charge is 2.12. The molecule has 0 saturated carbocycles. The quantitative estimate of drug-likeness (QED) is 0.928. The van der Waals surface area contributed by atoms with Gasteiger partial charge in [0.1, 0.15) is 0 Å². The number of hydrogen-bond acceptors (Lipinski definition) is 4. The van der Waals surface area contributed by atoms with Gasteiger partial charge in [-0.15, -0.1) is 0 Å². The summed E-state index contributed by atoms with van der Waals surface area (Å²) in [6, 6.07) is 10.2. The van der Waals surface area contributed by atoms with E-state index in [9.17, 15) is 0 Å². The summed E-state index contributed by atoms with van der Waals surface area (Å²) >= 11 is 0. The van der Waals surface area contributed by atoms with Crippen LogP contribution < -0.4 is 14.8 Å². The molecule has 2 heterocycles. The third-order valence-corrected chi connectivity index (χ3v) is 3.32. The molecule has 3 rings (SSSR count). The first-order valence-corrected chi connectivity index (χ1v) is 6.89. The van der Waals surface area contributed by atoms with Crippen molar-refractivity contribution >= 4 is 5.69 Å². The Kier molecular flexibility index (Phi) is 3.72. The molecule has 1 unspecified atom stereocenters. The van der Waals surface area contributed by atoms with Crippen molar-refractivity contribution in [3.05, 3.63) is 48.3 Å². The van der Waals surface area contributed by atoms with Crippen molar-refractivity contribution in [2.45, 2.75) is 19.4 Å². The Bertz CT molecular complexity index is 572. The van der Waals surface area contributed by atoms with E-state index in [1.807, 2.05) is 30.5 Å². The van der Waals surface area contributed by atoms with Gasteiger partial charge >= 0.3 is 0 Å². The van der Waals surface area contributed by atoms with Crippen molar-refractivity contribution in [3.63, 3.8) is 0 Å². The number of rotatable bonds is 3. The second-order valence-corrected chi connectivity index (χ2v) is 4.86. The molecule has 0 aliphatic carbocycles. The monoisotopic (exact) mass is 270 g/mol. The third kappa shape index (κ3) is 2.85. The van der Waals surface area contributed by atoms with E-state index < -0.39 is 0 Å². The van der Waals surface area contributed by atoms with E-state index in [1.165, 1.54) is 0 Å². The second kappa shape index (κ2) is 5.82. The number of hydrogen-bond donors (Lipinski definition) is 1. The number of ether oxygens (including phenoxy) is 2. The first-order chi connectivity index (χ1) is 9.83. The number of pyridine rings is 1. The van der Waals surface area contributed by atoms with Gasteiger partial charge in [-0.3, -0.25) is 4.98 Å². The molecule has 1 aliphatic heterocycles. The summed E-state index contributed by atoms with van der Waals surface area (Å²) in [4.78, 5) is 4.15. The van der Waals surface area contributed by atoms with Crippen LogP contribution in [0.4, 0.5) is 5.69 Å². The Morgan fingerprint density at radius 1 is 1.15 bits per heavy atom. The zero-order valence-electron chi connectivity index (χ0n) is 11.5. The summed E-state index contributed by atoms with van der Waals surface area (Å²) < 4.78 is 11.3. The lowest BCUT2D eigenvalue weighted by atomic mass is 10.1. The van der Waals surface area contributed by atoms with E-state index >= 15 is 0 Å². The van der Waals surface area contributed by atoms with E-state index in [1.54, 1.807) is 6.20 Å². The van der Waals surface area contributed by atoms with Crippen molar-refractivity contribution in [2.24, 2.45) is 0 Å². The van der Waals surface area contributed by atoms with Gasteiger partial charge in [-0.05, 0) is 30.7 Å². The molecule has 0 bridgehead atoms. The lowest BCUT2D eigenvalue weighted by molar-refractivity contribution is 0.297. The molecule has 20 heavy (non-hydrogen) atoms. The van der Waals surface area contributed by atoms with Gasteiger partial charge in [-0.2, -0.15) is 0 Å². The van der Waals surface area contributed by atoms with Crippen molar-refractivity contribution < 1.29 is 9.47 Å². The minimum atomic E-state index is 0.188. The Hall–Kier alpha value is -2.23. The maximum atomic E-state index is 5.70. The van der Waals surface area contributed by atoms with Crippen LogP contribution in [-0.4, -0.2) is 18.2 Å². The summed E-state index contributed by atoms with van der Waals surface area (Å²) in [5.74, 6) is 1.63. The minimum absolute atomic E-state index is 0.188. The molecular formula is C16H18N2O2. The molecule has 0 saturated heterocycles. The van der Waals surface area contributed by atoms with E-state index in [-0.39, 0.29) is 6.04 Å². The van der Waals surface area contributed by atoms with Gasteiger partial charge in [-0.25, -0.2) is 0 Å². The number of fused-ring (bicyclic) bond motifs is 1. The van der Waals surface area contributed by atoms with Gasteiger partial charge in [-0.1, -0.05) is 6.07 Å². The smallest absolute Gasteiger partial charge is 0.163 e. The molecule has 0 spiro atoms. The van der Waals surface area contributed by atoms with Crippen LogP contribution in [0.15, 0.2) is 42.7 Å². The van der Waals surface area contributed by atoms with Crippen molar-refractivity contribution in [1.29, 1.82) is 0 Å². The summed E-state index contributed by atoms with van der Waals surface area (Å²) in [5.41, 5.74) is 2.17. The predicted octanol–water partition coefficient (Wildman–Crippen LogP) is 3.42. The van der Waals surface area contributed by atoms with Crippen LogP contribution in [0, 0.1) is 0 Å². The first-order valence-electron chi connectivity index (χ1n) is 6.89. The van der Waals surface area contributed by atoms with Gasteiger partial charge in [0.15, 0.2) is 11.5 Å². The van der Waals surface area contributed by atoms with Gasteiger partial charge in [0.25, 0.3) is 0 Å². The average molecular weight is 270 g/mol. The molecule has 1 N–H and O–H groups in total. The standard InChI is InChI=1S/C16H18N2O2/c1-12(13-4-2-7-17-11-13)18-14-5-6-15-16(10-14)20-9-3-8-19-15/h2,4-7,10-12,18H,3,8-9H2,1H3. The van der Waals surface area contributed by atoms with Crippen LogP contribution in [-0.2, 0) is 0 Å². The second-order valence-electron chi connectivity index (χ2n) is 4.86. The van der Waals surface area contributed by atoms with Crippen LogP contribution in [0.5, 0.6) is 11.5 Å². The highest BCUT2D eigenvalue weighted by atomic mass is 16.5. The number of benzene rings is 1. The molecule has 4 heteroatoms. The Balaban J connectivity index is 1.76. The fourth-order valence-electron chi connectivity index (χ4n) is 2.22. The summed E-state index contributed by atoms with van der Waals surface area (Å²) in [7, 11) is 0. The van der Waals surface area contributed by atoms with Crippen LogP contribution in [0.25, 0.3) is 0 Å². The third-order valence-electron chi connectivity index (χ3n) is 3.32. The molecule has 104 valence electrons. The molecule has 1 aromatic heterocycles. The molecule has 0 radical (unpaired) electrons. The fraction of sp³-hybridized carbons (Fsp3) is 0.312. The molecule has 1 aliphatic rings. The summed E-state index contributed by atoms with van der Waals surface area (Å²) in [6.07, 6.45) is 4.58. The zero-order valence-corrected chi connectivity index (χ0v) is 11.5. The van der Waals surface area contributed by atoms with E-state index in [0.717, 1.165) is 29.2 Å². The maximum Gasteiger partial charge on any atom is 0.163 e. The van der Waals surface area contributed by atoms with Crippen LogP contribution in [0.1, 0.15) is 24.9 Å². The molecule has 0 fully saturated rings. The van der Waals surface area contributed by atoms with Crippen molar-refractivity contribution in [3.8, 4) is 11.5 Å². The number of aromatic nitrogens is 1. The molecule has 2 aromatic rings. The lowest BCUT2D eigenvalue weighted by Gasteiger charge is -2.16. The van der Waals surface area contributed by atoms with Crippen molar-refractivity contribution in [1.82, 2.24) is 4.98 Å². The van der Waals surface area contributed by atoms with Gasteiger partial charge < -0.3 is 14.8 Å². The van der Waals surface area contributed by atoms with E-state index in [2.05, 4.69) is 23.3 Å². The molecule has 4 nitrogen and oxygen atoms in total. The minimum Gasteiger partial charge on any atom is -0.490 e. The number of nitrogens with one attached hydrogen (secondary N) is 1. The summed E-state index contributed by atoms with van der Waals surface area (Å²) in [6.45, 7) is 3.53. The first kappa shape index (κ1) is 12.8. The molecule has 0 amide bonds. The number of nitrogens with zero attached hydrogens (tertiary/aromatic N) is 1. The van der Waals surface area contributed by atoms with Gasteiger partial charge in [0.2, 0.25) is 0 Å². The Morgan fingerprint density at radius 3 is 2.80 bits per heavy atom. The molecule has 1 aromatic carbocycles. The zero-order chi connectivity index (χ0) is 13.8. The maximum absolute atomic E-state index is 5.70. The highest BCUT2D eigenvalue weighted by Crippen LogP contribution is 2.33. The van der Waals surface area contributed by atoms with Crippen molar-refractivity contribution in [2.75, 3.05) is 18.5 Å². The van der Waals surface area contributed by atoms with Gasteiger partial charge in [0.05, 0.1) is 19.3 Å². The number of anilines is 1. The molecule has 1 atom stereocenters. The average Bonchev–Trinajstić information content (AvgIpc) is 2.73. The topological polar surface area (TPSA) is 43.4 Å². The SMILES string of the molecule is CC(Nc1ccc2c(c1)OCCCO2)c1cccnc1. The summed E-state index contributed by atoms with van der Waals surface area (Å²) in [5, 5.41) is 3.45. The largest absolute Gasteiger partial charge is 0.490 e. The van der Waals surface area contributed by atoms with Crippen LogP contribution in [0.2, 0.25) is 0 Å². The van der Waals surface area contributed by atoms with E-state index in [4.69, 9.17) is 9.47 Å². The Morgan fingerprint density at radius 2 is 2.00 bits per heavy atom. The highest BCUT2D eigenvalue weighted by molar-refractivity contribution is 5.55. The fourth-order valence-corrected chi connectivity index (χ4v) is 2.22. The molecular weight excluding hydrogens is 252 g/mol. The predicted molar refractivity (Wildman–Crippen MR) is 78.3 cm³/mol. The Labute approximate surface area is 118 Å². The van der Waals surface area contributed by atoms with Crippen LogP contribution in [0.3, 0.4) is 0 Å².